The summed E-state index contributed by atoms with van der Waals surface area (Å²) in [6.45, 7) is 0.244. The minimum Gasteiger partial charge on any atom is -0.330 e. The fourth-order valence-electron chi connectivity index (χ4n) is 3.09. The van der Waals surface area contributed by atoms with Crippen molar-refractivity contribution in [1.29, 1.82) is 0 Å². The largest absolute Gasteiger partial charge is 0.330 e. The van der Waals surface area contributed by atoms with E-state index in [0.717, 1.165) is 32.7 Å². The Bertz CT molecular complexity index is 1090. The van der Waals surface area contributed by atoms with Crippen LogP contribution in [0.25, 0.3) is 22.2 Å². The van der Waals surface area contributed by atoms with Gasteiger partial charge in [-0.3, -0.25) is 4.79 Å². The highest BCUT2D eigenvalue weighted by Crippen LogP contribution is 2.38. The summed E-state index contributed by atoms with van der Waals surface area (Å²) < 4.78 is 0. The number of thiophene rings is 1. The number of anilines is 1. The first kappa shape index (κ1) is 17.7. The molecule has 4 aromatic rings. The number of hydrogen-bond donors (Lipinski definition) is 3. The fourth-order valence-corrected chi connectivity index (χ4v) is 4.19. The first-order valence-corrected chi connectivity index (χ1v) is 9.70. The number of pyridine rings is 1. The first-order valence-electron chi connectivity index (χ1n) is 8.44. The van der Waals surface area contributed by atoms with E-state index in [0.29, 0.717) is 5.15 Å². The summed E-state index contributed by atoms with van der Waals surface area (Å²) in [4.78, 5) is 20.1. The van der Waals surface area contributed by atoms with Gasteiger partial charge in [0.25, 0.3) is 0 Å². The molecule has 0 saturated heterocycles. The molecule has 3 aromatic heterocycles. The number of H-pyrrole nitrogens is 1. The second-order valence-electron chi connectivity index (χ2n) is 6.10. The van der Waals surface area contributed by atoms with E-state index in [-0.39, 0.29) is 12.5 Å². The molecule has 0 fully saturated rings. The van der Waals surface area contributed by atoms with Crippen LogP contribution in [0.3, 0.4) is 0 Å². The minimum atomic E-state index is -0.391. The number of hydrogen-bond acceptors (Lipinski definition) is 4. The molecule has 1 aromatic carbocycles. The third kappa shape index (κ3) is 3.47. The van der Waals surface area contributed by atoms with Gasteiger partial charge in [0.2, 0.25) is 5.91 Å². The molecule has 0 saturated carbocycles. The number of carbonyl (C=O) groups is 1. The average Bonchev–Trinajstić information content (AvgIpc) is 3.26. The Labute approximate surface area is 165 Å². The number of halogens is 1. The molecule has 0 spiro atoms. The van der Waals surface area contributed by atoms with Crippen LogP contribution >= 0.6 is 22.9 Å². The number of aromatic nitrogens is 2. The van der Waals surface area contributed by atoms with Gasteiger partial charge in [-0.2, -0.15) is 0 Å². The number of rotatable bonds is 5. The Morgan fingerprint density at radius 1 is 1.26 bits per heavy atom. The quantitative estimate of drug-likeness (QED) is 0.460. The van der Waals surface area contributed by atoms with Gasteiger partial charge in [-0.15, -0.1) is 11.3 Å². The van der Waals surface area contributed by atoms with Gasteiger partial charge in [0.05, 0.1) is 10.9 Å². The number of nitrogens with zero attached hydrogens (tertiary/aromatic N) is 1. The van der Waals surface area contributed by atoms with Crippen molar-refractivity contribution < 1.29 is 4.79 Å². The number of aromatic amines is 1. The summed E-state index contributed by atoms with van der Waals surface area (Å²) in [6, 6.07) is 15.3. The Morgan fingerprint density at radius 2 is 2.07 bits per heavy atom. The van der Waals surface area contributed by atoms with Crippen LogP contribution in [0.4, 0.5) is 5.00 Å². The van der Waals surface area contributed by atoms with E-state index in [1.54, 1.807) is 6.20 Å². The Morgan fingerprint density at radius 3 is 2.85 bits per heavy atom. The molecular formula is C20H17ClN4OS. The third-order valence-electron chi connectivity index (χ3n) is 4.41. The highest BCUT2D eigenvalue weighted by Gasteiger charge is 2.20. The second kappa shape index (κ2) is 7.52. The maximum Gasteiger partial charge on any atom is 0.233 e. The molecular weight excluding hydrogens is 380 g/mol. The predicted molar refractivity (Wildman–Crippen MR) is 111 cm³/mol. The molecule has 27 heavy (non-hydrogen) atoms. The summed E-state index contributed by atoms with van der Waals surface area (Å²) in [6.07, 6.45) is 1.72. The smallest absolute Gasteiger partial charge is 0.233 e. The van der Waals surface area contributed by atoms with Crippen molar-refractivity contribution in [2.75, 3.05) is 11.9 Å². The van der Waals surface area contributed by atoms with Crippen molar-refractivity contribution in [3.63, 3.8) is 0 Å². The maximum atomic E-state index is 12.7. The van der Waals surface area contributed by atoms with Gasteiger partial charge in [-0.25, -0.2) is 4.98 Å². The molecule has 1 unspecified atom stereocenters. The number of fused-ring (bicyclic) bond motifs is 1. The maximum absolute atomic E-state index is 12.7. The van der Waals surface area contributed by atoms with Crippen LogP contribution in [-0.2, 0) is 4.79 Å². The SMILES string of the molecule is NCC(C(=O)Nc1cc(-c2c(Cl)[nH]c3ncccc23)cs1)c1ccccc1. The number of carbonyl (C=O) groups excluding carboxylic acids is 1. The molecule has 0 aliphatic rings. The summed E-state index contributed by atoms with van der Waals surface area (Å²) in [5.41, 5.74) is 9.30. The van der Waals surface area contributed by atoms with Gasteiger partial charge in [0.15, 0.2) is 0 Å². The zero-order chi connectivity index (χ0) is 18.8. The van der Waals surface area contributed by atoms with E-state index in [1.165, 1.54) is 11.3 Å². The van der Waals surface area contributed by atoms with E-state index >= 15 is 0 Å². The molecule has 4 rings (SSSR count). The second-order valence-corrected chi connectivity index (χ2v) is 7.39. The summed E-state index contributed by atoms with van der Waals surface area (Å²) in [5.74, 6) is -0.513. The van der Waals surface area contributed by atoms with Crippen molar-refractivity contribution >= 4 is 44.9 Å². The lowest BCUT2D eigenvalue weighted by Crippen LogP contribution is -2.27. The molecule has 7 heteroatoms. The van der Waals surface area contributed by atoms with Gasteiger partial charge < -0.3 is 16.0 Å². The molecule has 0 aliphatic carbocycles. The molecule has 3 heterocycles. The van der Waals surface area contributed by atoms with Crippen molar-refractivity contribution in [1.82, 2.24) is 9.97 Å². The van der Waals surface area contributed by atoms with Gasteiger partial charge in [-0.1, -0.05) is 41.9 Å². The highest BCUT2D eigenvalue weighted by molar-refractivity contribution is 7.14. The van der Waals surface area contributed by atoms with Gasteiger partial charge >= 0.3 is 0 Å². The monoisotopic (exact) mass is 396 g/mol. The van der Waals surface area contributed by atoms with Crippen LogP contribution in [0.2, 0.25) is 5.15 Å². The highest BCUT2D eigenvalue weighted by atomic mass is 35.5. The molecule has 4 N–H and O–H groups in total. The van der Waals surface area contributed by atoms with E-state index in [2.05, 4.69) is 15.3 Å². The molecule has 0 aliphatic heterocycles. The lowest BCUT2D eigenvalue weighted by molar-refractivity contribution is -0.117. The Hall–Kier alpha value is -2.67. The van der Waals surface area contributed by atoms with E-state index in [9.17, 15) is 4.79 Å². The summed E-state index contributed by atoms with van der Waals surface area (Å²) in [5, 5.41) is 7.17. The average molecular weight is 397 g/mol. The minimum absolute atomic E-state index is 0.121. The third-order valence-corrected chi connectivity index (χ3v) is 5.54. The van der Waals surface area contributed by atoms with E-state index < -0.39 is 5.92 Å². The molecule has 0 bridgehead atoms. The summed E-state index contributed by atoms with van der Waals surface area (Å²) >= 11 is 7.83. The Balaban J connectivity index is 1.59. The van der Waals surface area contributed by atoms with Crippen LogP contribution in [0, 0.1) is 0 Å². The Kier molecular flexibility index (Phi) is 4.94. The fraction of sp³-hybridized carbons (Fsp3) is 0.100. The lowest BCUT2D eigenvalue weighted by Gasteiger charge is -2.14. The van der Waals surface area contributed by atoms with Gasteiger partial charge in [0.1, 0.15) is 10.8 Å². The van der Waals surface area contributed by atoms with E-state index in [4.69, 9.17) is 17.3 Å². The van der Waals surface area contributed by atoms with Crippen LogP contribution in [-0.4, -0.2) is 22.4 Å². The van der Waals surface area contributed by atoms with Crippen LogP contribution < -0.4 is 11.1 Å². The van der Waals surface area contributed by atoms with Crippen LogP contribution in [0.15, 0.2) is 60.1 Å². The lowest BCUT2D eigenvalue weighted by atomic mass is 9.98. The van der Waals surface area contributed by atoms with Gasteiger partial charge in [0, 0.05) is 29.1 Å². The normalized spacial score (nSPS) is 12.2. The topological polar surface area (TPSA) is 83.8 Å². The van der Waals surface area contributed by atoms with Crippen LogP contribution in [0.1, 0.15) is 11.5 Å². The molecule has 5 nitrogen and oxygen atoms in total. The van der Waals surface area contributed by atoms with Gasteiger partial charge in [-0.05, 0) is 29.3 Å². The number of nitrogens with two attached hydrogens (primary N) is 1. The number of amides is 1. The number of nitrogens with one attached hydrogen (secondary N) is 2. The molecule has 136 valence electrons. The van der Waals surface area contributed by atoms with Crippen molar-refractivity contribution in [2.24, 2.45) is 5.73 Å². The predicted octanol–water partition coefficient (Wildman–Crippen LogP) is 4.63. The summed E-state index contributed by atoms with van der Waals surface area (Å²) in [7, 11) is 0. The molecule has 1 amide bonds. The van der Waals surface area contributed by atoms with Crippen LogP contribution in [0.5, 0.6) is 0 Å². The molecule has 1 atom stereocenters. The van der Waals surface area contributed by atoms with E-state index in [1.807, 2.05) is 53.9 Å². The van der Waals surface area contributed by atoms with Crippen molar-refractivity contribution in [2.45, 2.75) is 5.92 Å². The first-order chi connectivity index (χ1) is 13.2. The standard InChI is InChI=1S/C20H17ClN4OS/c21-18-17(14-7-4-8-23-19(14)25-18)13-9-16(27-11-13)24-20(26)15(10-22)12-5-2-1-3-6-12/h1-9,11,15H,10,22H2,(H,23,25)(H,24,26). The zero-order valence-corrected chi connectivity index (χ0v) is 15.8. The zero-order valence-electron chi connectivity index (χ0n) is 14.3. The molecule has 0 radical (unpaired) electrons. The van der Waals surface area contributed by atoms with Crippen molar-refractivity contribution in [3.8, 4) is 11.1 Å². The number of benzene rings is 1. The van der Waals surface area contributed by atoms with Crippen molar-refractivity contribution in [3.05, 3.63) is 70.8 Å².